The number of pyridine rings is 1. The fourth-order valence-corrected chi connectivity index (χ4v) is 2.37. The van der Waals surface area contributed by atoms with Crippen LogP contribution in [0, 0.1) is 5.92 Å². The first-order valence-corrected chi connectivity index (χ1v) is 6.54. The van der Waals surface area contributed by atoms with Crippen LogP contribution in [0.2, 0.25) is 0 Å². The molecular formula is C14H20N2O. The Morgan fingerprint density at radius 3 is 2.82 bits per heavy atom. The van der Waals surface area contributed by atoms with Gasteiger partial charge in [-0.3, -0.25) is 9.78 Å². The Morgan fingerprint density at radius 1 is 1.29 bits per heavy atom. The van der Waals surface area contributed by atoms with Gasteiger partial charge in [-0.25, -0.2) is 0 Å². The Labute approximate surface area is 103 Å². The zero-order valence-corrected chi connectivity index (χ0v) is 10.2. The van der Waals surface area contributed by atoms with Crippen LogP contribution in [0.15, 0.2) is 24.4 Å². The molecule has 1 amide bonds. The molecule has 0 unspecified atom stereocenters. The van der Waals surface area contributed by atoms with E-state index in [2.05, 4.69) is 10.3 Å². The van der Waals surface area contributed by atoms with Crippen LogP contribution in [0.4, 0.5) is 0 Å². The SMILES string of the molecule is O=C(NCCc1ccccn1)C1CCCCC1. The quantitative estimate of drug-likeness (QED) is 0.865. The number of hydrogen-bond donors (Lipinski definition) is 1. The van der Waals surface area contributed by atoms with Crippen molar-refractivity contribution in [3.05, 3.63) is 30.1 Å². The Balaban J connectivity index is 1.69. The van der Waals surface area contributed by atoms with Gasteiger partial charge in [0.2, 0.25) is 5.91 Å². The molecule has 1 saturated carbocycles. The van der Waals surface area contributed by atoms with Gasteiger partial charge in [-0.15, -0.1) is 0 Å². The molecule has 0 spiro atoms. The Kier molecular flexibility index (Phi) is 4.54. The van der Waals surface area contributed by atoms with Crippen molar-refractivity contribution >= 4 is 5.91 Å². The van der Waals surface area contributed by atoms with Gasteiger partial charge in [0.1, 0.15) is 0 Å². The lowest BCUT2D eigenvalue weighted by Gasteiger charge is -2.20. The van der Waals surface area contributed by atoms with Gasteiger partial charge in [-0.05, 0) is 25.0 Å². The molecule has 1 heterocycles. The summed E-state index contributed by atoms with van der Waals surface area (Å²) in [6, 6.07) is 5.88. The van der Waals surface area contributed by atoms with Gasteiger partial charge in [-0.2, -0.15) is 0 Å². The lowest BCUT2D eigenvalue weighted by atomic mass is 9.89. The lowest BCUT2D eigenvalue weighted by Crippen LogP contribution is -2.33. The standard InChI is InChI=1S/C14H20N2O/c17-14(12-6-2-1-3-7-12)16-11-9-13-8-4-5-10-15-13/h4-5,8,10,12H,1-3,6-7,9,11H2,(H,16,17). The smallest absolute Gasteiger partial charge is 0.223 e. The highest BCUT2D eigenvalue weighted by Gasteiger charge is 2.20. The van der Waals surface area contributed by atoms with E-state index in [1.165, 1.54) is 19.3 Å². The van der Waals surface area contributed by atoms with Crippen molar-refractivity contribution in [3.8, 4) is 0 Å². The van der Waals surface area contributed by atoms with Crippen molar-refractivity contribution < 1.29 is 4.79 Å². The predicted molar refractivity (Wildman–Crippen MR) is 67.5 cm³/mol. The lowest BCUT2D eigenvalue weighted by molar-refractivity contribution is -0.125. The van der Waals surface area contributed by atoms with E-state index in [4.69, 9.17) is 0 Å². The zero-order valence-electron chi connectivity index (χ0n) is 10.2. The first-order chi connectivity index (χ1) is 8.36. The monoisotopic (exact) mass is 232 g/mol. The summed E-state index contributed by atoms with van der Waals surface area (Å²) in [6.45, 7) is 0.701. The van der Waals surface area contributed by atoms with Crippen molar-refractivity contribution in [3.63, 3.8) is 0 Å². The number of rotatable bonds is 4. The summed E-state index contributed by atoms with van der Waals surface area (Å²) in [5.74, 6) is 0.494. The van der Waals surface area contributed by atoms with Crippen LogP contribution < -0.4 is 5.32 Å². The molecule has 1 aromatic rings. The summed E-state index contributed by atoms with van der Waals surface area (Å²) in [5.41, 5.74) is 1.04. The fourth-order valence-electron chi connectivity index (χ4n) is 2.37. The molecule has 1 aromatic heterocycles. The van der Waals surface area contributed by atoms with E-state index < -0.39 is 0 Å². The normalized spacial score (nSPS) is 16.7. The molecule has 0 aliphatic heterocycles. The number of nitrogens with zero attached hydrogens (tertiary/aromatic N) is 1. The van der Waals surface area contributed by atoms with E-state index in [-0.39, 0.29) is 11.8 Å². The summed E-state index contributed by atoms with van der Waals surface area (Å²) in [4.78, 5) is 16.1. The number of hydrogen-bond acceptors (Lipinski definition) is 2. The van der Waals surface area contributed by atoms with Crippen LogP contribution >= 0.6 is 0 Å². The van der Waals surface area contributed by atoms with Crippen molar-refractivity contribution in [1.29, 1.82) is 0 Å². The minimum atomic E-state index is 0.237. The molecule has 0 aromatic carbocycles. The van der Waals surface area contributed by atoms with Crippen molar-refractivity contribution in [2.45, 2.75) is 38.5 Å². The topological polar surface area (TPSA) is 42.0 Å². The maximum atomic E-state index is 11.9. The predicted octanol–water partition coefficient (Wildman–Crippen LogP) is 2.32. The van der Waals surface area contributed by atoms with E-state index in [0.29, 0.717) is 6.54 Å². The first-order valence-electron chi connectivity index (χ1n) is 6.54. The highest BCUT2D eigenvalue weighted by Crippen LogP contribution is 2.23. The maximum Gasteiger partial charge on any atom is 0.223 e. The molecule has 92 valence electrons. The van der Waals surface area contributed by atoms with Crippen LogP contribution in [0.25, 0.3) is 0 Å². The van der Waals surface area contributed by atoms with Gasteiger partial charge in [0, 0.05) is 30.8 Å². The minimum absolute atomic E-state index is 0.237. The number of amides is 1. The second kappa shape index (κ2) is 6.38. The summed E-state index contributed by atoms with van der Waals surface area (Å²) < 4.78 is 0. The van der Waals surface area contributed by atoms with Crippen LogP contribution in [-0.4, -0.2) is 17.4 Å². The van der Waals surface area contributed by atoms with Crippen LogP contribution in [0.5, 0.6) is 0 Å². The summed E-state index contributed by atoms with van der Waals surface area (Å²) in [7, 11) is 0. The van der Waals surface area contributed by atoms with Gasteiger partial charge in [-0.1, -0.05) is 25.3 Å². The largest absolute Gasteiger partial charge is 0.355 e. The van der Waals surface area contributed by atoms with E-state index in [0.717, 1.165) is 25.0 Å². The average Bonchev–Trinajstić information content (AvgIpc) is 2.41. The molecule has 17 heavy (non-hydrogen) atoms. The van der Waals surface area contributed by atoms with E-state index in [1.807, 2.05) is 18.2 Å². The van der Waals surface area contributed by atoms with Gasteiger partial charge in [0.05, 0.1) is 0 Å². The van der Waals surface area contributed by atoms with E-state index in [9.17, 15) is 4.79 Å². The fraction of sp³-hybridized carbons (Fsp3) is 0.571. The van der Waals surface area contributed by atoms with Gasteiger partial charge >= 0.3 is 0 Å². The third-order valence-electron chi connectivity index (χ3n) is 3.38. The van der Waals surface area contributed by atoms with E-state index in [1.54, 1.807) is 6.20 Å². The molecule has 2 rings (SSSR count). The number of aromatic nitrogens is 1. The Hall–Kier alpha value is -1.38. The third kappa shape index (κ3) is 3.84. The van der Waals surface area contributed by atoms with Crippen molar-refractivity contribution in [2.24, 2.45) is 5.92 Å². The summed E-state index contributed by atoms with van der Waals surface area (Å²) >= 11 is 0. The first kappa shape index (κ1) is 12.1. The molecule has 1 N–H and O–H groups in total. The molecule has 1 fully saturated rings. The zero-order chi connectivity index (χ0) is 11.9. The van der Waals surface area contributed by atoms with E-state index >= 15 is 0 Å². The maximum absolute atomic E-state index is 11.9. The van der Waals surface area contributed by atoms with Gasteiger partial charge in [0.15, 0.2) is 0 Å². The summed E-state index contributed by atoms with van der Waals surface area (Å²) in [6.07, 6.45) is 8.44. The number of carbonyl (C=O) groups excluding carboxylic acids is 1. The minimum Gasteiger partial charge on any atom is -0.355 e. The van der Waals surface area contributed by atoms with Crippen LogP contribution in [0.1, 0.15) is 37.8 Å². The molecule has 3 nitrogen and oxygen atoms in total. The highest BCUT2D eigenvalue weighted by atomic mass is 16.1. The highest BCUT2D eigenvalue weighted by molar-refractivity contribution is 5.78. The van der Waals surface area contributed by atoms with Crippen LogP contribution in [-0.2, 0) is 11.2 Å². The molecule has 1 aliphatic carbocycles. The van der Waals surface area contributed by atoms with Crippen LogP contribution in [0.3, 0.4) is 0 Å². The third-order valence-corrected chi connectivity index (χ3v) is 3.38. The molecule has 1 aliphatic rings. The number of nitrogens with one attached hydrogen (secondary N) is 1. The molecule has 0 atom stereocenters. The Morgan fingerprint density at radius 2 is 2.12 bits per heavy atom. The molecule has 3 heteroatoms. The molecule has 0 bridgehead atoms. The number of carbonyl (C=O) groups is 1. The van der Waals surface area contributed by atoms with Crippen molar-refractivity contribution in [1.82, 2.24) is 10.3 Å². The van der Waals surface area contributed by atoms with Gasteiger partial charge < -0.3 is 5.32 Å². The average molecular weight is 232 g/mol. The second-order valence-corrected chi connectivity index (χ2v) is 4.70. The van der Waals surface area contributed by atoms with Gasteiger partial charge in [0.25, 0.3) is 0 Å². The summed E-state index contributed by atoms with van der Waals surface area (Å²) in [5, 5.41) is 3.02. The molecule has 0 saturated heterocycles. The second-order valence-electron chi connectivity index (χ2n) is 4.70. The molecule has 0 radical (unpaired) electrons. The Bertz CT molecular complexity index is 344. The van der Waals surface area contributed by atoms with Crippen molar-refractivity contribution in [2.75, 3.05) is 6.54 Å². The molecular weight excluding hydrogens is 212 g/mol.